The third kappa shape index (κ3) is 4.36. The van der Waals surface area contributed by atoms with Gasteiger partial charge in [0.05, 0.1) is 0 Å². The van der Waals surface area contributed by atoms with Gasteiger partial charge in [-0.2, -0.15) is 0 Å². The second-order valence-electron chi connectivity index (χ2n) is 4.89. The van der Waals surface area contributed by atoms with Crippen molar-refractivity contribution in [3.63, 3.8) is 0 Å². The van der Waals surface area contributed by atoms with E-state index in [0.717, 1.165) is 25.0 Å². The lowest BCUT2D eigenvalue weighted by Gasteiger charge is -2.07. The molecule has 0 spiro atoms. The third-order valence-electron chi connectivity index (χ3n) is 3.38. The van der Waals surface area contributed by atoms with Crippen LogP contribution in [0, 0.1) is 5.92 Å². The molecule has 1 amide bonds. The van der Waals surface area contributed by atoms with E-state index < -0.39 is 0 Å². The van der Waals surface area contributed by atoms with E-state index in [9.17, 15) is 4.79 Å². The molecular formula is C13H17Cl2N5OS. The smallest absolute Gasteiger partial charge is 0.229 e. The van der Waals surface area contributed by atoms with Gasteiger partial charge in [0.1, 0.15) is 5.69 Å². The third-order valence-corrected chi connectivity index (χ3v) is 4.24. The molecule has 2 aromatic rings. The van der Waals surface area contributed by atoms with Crippen molar-refractivity contribution in [3.05, 3.63) is 24.4 Å². The topological polar surface area (TPSA) is 93.8 Å². The molecule has 2 heterocycles. The average molecular weight is 362 g/mol. The van der Waals surface area contributed by atoms with Crippen LogP contribution < -0.4 is 11.1 Å². The van der Waals surface area contributed by atoms with Crippen LogP contribution in [-0.4, -0.2) is 27.1 Å². The number of carbonyl (C=O) groups excluding carboxylic acids is 1. The van der Waals surface area contributed by atoms with E-state index >= 15 is 0 Å². The first-order valence-electron chi connectivity index (χ1n) is 6.54. The highest BCUT2D eigenvalue weighted by atomic mass is 35.5. The number of pyridine rings is 1. The molecule has 3 N–H and O–H groups in total. The fourth-order valence-electron chi connectivity index (χ4n) is 2.33. The van der Waals surface area contributed by atoms with Crippen molar-refractivity contribution in [2.45, 2.75) is 25.3 Å². The number of aromatic nitrogens is 3. The Morgan fingerprint density at radius 1 is 1.27 bits per heavy atom. The zero-order chi connectivity index (χ0) is 13.9. The van der Waals surface area contributed by atoms with Gasteiger partial charge in [-0.05, 0) is 31.4 Å². The van der Waals surface area contributed by atoms with Crippen molar-refractivity contribution < 1.29 is 4.79 Å². The lowest BCUT2D eigenvalue weighted by atomic mass is 10.1. The summed E-state index contributed by atoms with van der Waals surface area (Å²) in [5, 5.41) is 12.1. The summed E-state index contributed by atoms with van der Waals surface area (Å²) in [5.74, 6) is -0.0196. The van der Waals surface area contributed by atoms with Crippen molar-refractivity contribution in [2.24, 2.45) is 11.7 Å². The van der Waals surface area contributed by atoms with Crippen LogP contribution in [0.4, 0.5) is 5.13 Å². The van der Waals surface area contributed by atoms with Crippen LogP contribution in [0.15, 0.2) is 24.4 Å². The number of carbonyl (C=O) groups is 1. The molecule has 2 unspecified atom stereocenters. The summed E-state index contributed by atoms with van der Waals surface area (Å²) in [4.78, 5) is 16.3. The quantitative estimate of drug-likeness (QED) is 0.875. The van der Waals surface area contributed by atoms with E-state index in [2.05, 4.69) is 20.5 Å². The molecule has 3 rings (SSSR count). The molecule has 0 radical (unpaired) electrons. The maximum absolute atomic E-state index is 12.1. The molecule has 9 heteroatoms. The van der Waals surface area contributed by atoms with Crippen molar-refractivity contribution >= 4 is 47.2 Å². The number of anilines is 1. The average Bonchev–Trinajstić information content (AvgIpc) is 3.09. The van der Waals surface area contributed by atoms with Gasteiger partial charge in [0.15, 0.2) is 5.01 Å². The van der Waals surface area contributed by atoms with Crippen LogP contribution >= 0.6 is 36.2 Å². The predicted octanol–water partition coefficient (Wildman–Crippen LogP) is 2.51. The van der Waals surface area contributed by atoms with Crippen LogP contribution in [0.3, 0.4) is 0 Å². The van der Waals surface area contributed by atoms with E-state index in [-0.39, 0.29) is 42.7 Å². The number of nitrogens with two attached hydrogens (primary N) is 1. The molecule has 0 saturated heterocycles. The van der Waals surface area contributed by atoms with Gasteiger partial charge in [-0.25, -0.2) is 0 Å². The van der Waals surface area contributed by atoms with Crippen molar-refractivity contribution in [1.29, 1.82) is 0 Å². The Bertz CT molecular complexity index is 609. The van der Waals surface area contributed by atoms with Gasteiger partial charge in [-0.3, -0.25) is 9.78 Å². The summed E-state index contributed by atoms with van der Waals surface area (Å²) in [7, 11) is 0. The molecular weight excluding hydrogens is 345 g/mol. The van der Waals surface area contributed by atoms with Crippen LogP contribution in [0.1, 0.15) is 19.3 Å². The molecule has 1 saturated carbocycles. The first kappa shape index (κ1) is 18.8. The fourth-order valence-corrected chi connectivity index (χ4v) is 3.05. The Labute approximate surface area is 144 Å². The maximum Gasteiger partial charge on any atom is 0.229 e. The van der Waals surface area contributed by atoms with Crippen LogP contribution in [0.5, 0.6) is 0 Å². The lowest BCUT2D eigenvalue weighted by molar-refractivity contribution is -0.119. The summed E-state index contributed by atoms with van der Waals surface area (Å²) in [6.45, 7) is 0. The number of hydrogen-bond donors (Lipinski definition) is 2. The first-order valence-corrected chi connectivity index (χ1v) is 7.35. The van der Waals surface area contributed by atoms with Gasteiger partial charge >= 0.3 is 0 Å². The van der Waals surface area contributed by atoms with E-state index in [0.29, 0.717) is 10.1 Å². The van der Waals surface area contributed by atoms with Gasteiger partial charge in [0.25, 0.3) is 0 Å². The predicted molar refractivity (Wildman–Crippen MR) is 91.6 cm³/mol. The van der Waals surface area contributed by atoms with E-state index in [4.69, 9.17) is 5.73 Å². The van der Waals surface area contributed by atoms with Gasteiger partial charge in [-0.15, -0.1) is 35.0 Å². The van der Waals surface area contributed by atoms with Gasteiger partial charge in [-0.1, -0.05) is 17.4 Å². The fraction of sp³-hybridized carbons (Fsp3) is 0.385. The molecule has 22 heavy (non-hydrogen) atoms. The highest BCUT2D eigenvalue weighted by Crippen LogP contribution is 2.28. The summed E-state index contributed by atoms with van der Waals surface area (Å²) in [6.07, 6.45) is 4.21. The van der Waals surface area contributed by atoms with E-state index in [1.54, 1.807) is 6.20 Å². The Morgan fingerprint density at radius 3 is 2.73 bits per heavy atom. The van der Waals surface area contributed by atoms with Crippen molar-refractivity contribution in [2.75, 3.05) is 5.32 Å². The highest BCUT2D eigenvalue weighted by Gasteiger charge is 2.28. The van der Waals surface area contributed by atoms with Crippen LogP contribution in [0.2, 0.25) is 0 Å². The Kier molecular flexibility index (Phi) is 7.15. The van der Waals surface area contributed by atoms with Crippen molar-refractivity contribution in [1.82, 2.24) is 15.2 Å². The minimum atomic E-state index is -0.0123. The normalized spacial score (nSPS) is 19.9. The Balaban J connectivity index is 0.00000121. The molecule has 0 bridgehead atoms. The SMILES string of the molecule is Cl.Cl.NC1CCC(C(=O)Nc2nnc(-c3ccccn3)s2)C1. The number of rotatable bonds is 3. The molecule has 0 aromatic carbocycles. The van der Waals surface area contributed by atoms with Crippen LogP contribution in [0.25, 0.3) is 10.7 Å². The number of amides is 1. The maximum atomic E-state index is 12.1. The molecule has 1 aliphatic carbocycles. The lowest BCUT2D eigenvalue weighted by Crippen LogP contribution is -2.23. The highest BCUT2D eigenvalue weighted by molar-refractivity contribution is 7.18. The second-order valence-corrected chi connectivity index (χ2v) is 5.86. The van der Waals surface area contributed by atoms with Gasteiger partial charge in [0.2, 0.25) is 11.0 Å². The molecule has 1 aliphatic rings. The number of hydrogen-bond acceptors (Lipinski definition) is 6. The summed E-state index contributed by atoms with van der Waals surface area (Å²) >= 11 is 1.33. The number of nitrogens with one attached hydrogen (secondary N) is 1. The zero-order valence-corrected chi connectivity index (χ0v) is 14.1. The summed E-state index contributed by atoms with van der Waals surface area (Å²) in [5.41, 5.74) is 6.58. The Morgan fingerprint density at radius 2 is 2.09 bits per heavy atom. The van der Waals surface area contributed by atoms with Crippen LogP contribution in [-0.2, 0) is 4.79 Å². The molecule has 1 fully saturated rings. The molecule has 120 valence electrons. The molecule has 6 nitrogen and oxygen atoms in total. The minimum absolute atomic E-state index is 0. The summed E-state index contributed by atoms with van der Waals surface area (Å²) < 4.78 is 0. The Hall–Kier alpha value is -1.28. The largest absolute Gasteiger partial charge is 0.328 e. The van der Waals surface area contributed by atoms with E-state index in [1.165, 1.54) is 11.3 Å². The standard InChI is InChI=1S/C13H15N5OS.2ClH/c14-9-5-4-8(7-9)11(19)16-13-18-17-12(20-13)10-3-1-2-6-15-10;;/h1-3,6,8-9H,4-5,7,14H2,(H,16,18,19);2*1H. The van der Waals surface area contributed by atoms with E-state index in [1.807, 2.05) is 18.2 Å². The minimum Gasteiger partial charge on any atom is -0.328 e. The molecule has 2 aromatic heterocycles. The first-order chi connectivity index (χ1) is 9.72. The van der Waals surface area contributed by atoms with Gasteiger partial charge < -0.3 is 11.1 Å². The van der Waals surface area contributed by atoms with Gasteiger partial charge in [0, 0.05) is 18.2 Å². The zero-order valence-electron chi connectivity index (χ0n) is 11.6. The summed E-state index contributed by atoms with van der Waals surface area (Å²) in [6, 6.07) is 5.74. The molecule has 0 aliphatic heterocycles. The monoisotopic (exact) mass is 361 g/mol. The second kappa shape index (κ2) is 8.38. The van der Waals surface area contributed by atoms with Crippen molar-refractivity contribution in [3.8, 4) is 10.7 Å². The molecule has 2 atom stereocenters. The number of nitrogens with zero attached hydrogens (tertiary/aromatic N) is 3. The number of halogens is 2.